The van der Waals surface area contributed by atoms with Crippen LogP contribution < -0.4 is 10.9 Å². The van der Waals surface area contributed by atoms with Crippen molar-refractivity contribution in [3.05, 3.63) is 62.2 Å². The minimum absolute atomic E-state index is 0.137. The Balaban J connectivity index is 1.93. The number of hydroxylamine groups is 2. The lowest BCUT2D eigenvalue weighted by Gasteiger charge is -2.40. The van der Waals surface area contributed by atoms with Gasteiger partial charge in [-0.1, -0.05) is 22.9 Å². The number of halogens is 2. The third kappa shape index (κ3) is 5.34. The van der Waals surface area contributed by atoms with E-state index in [1.807, 2.05) is 27.7 Å². The van der Waals surface area contributed by atoms with Crippen LogP contribution in [0.5, 0.6) is 0 Å². The minimum atomic E-state index is -0.725. The van der Waals surface area contributed by atoms with Gasteiger partial charge in [0.15, 0.2) is 0 Å². The number of benzene rings is 1. The molecule has 0 bridgehead atoms. The summed E-state index contributed by atoms with van der Waals surface area (Å²) in [6, 6.07) is 6.07. The molecule has 9 heteroatoms. The number of rotatable bonds is 6. The Bertz CT molecular complexity index is 1030. The van der Waals surface area contributed by atoms with E-state index in [9.17, 15) is 14.0 Å². The molecule has 7 nitrogen and oxygen atoms in total. The second-order valence-electron chi connectivity index (χ2n) is 8.52. The molecule has 0 saturated heterocycles. The summed E-state index contributed by atoms with van der Waals surface area (Å²) in [6.45, 7) is 8.07. The lowest BCUT2D eigenvalue weighted by molar-refractivity contribution is -0.168. The van der Waals surface area contributed by atoms with Crippen molar-refractivity contribution in [3.63, 3.8) is 0 Å². The van der Waals surface area contributed by atoms with Crippen molar-refractivity contribution in [2.45, 2.75) is 45.4 Å². The Labute approximate surface area is 189 Å². The fourth-order valence-corrected chi connectivity index (χ4v) is 3.72. The van der Waals surface area contributed by atoms with E-state index in [0.717, 1.165) is 0 Å². The number of nitrogens with one attached hydrogen (secondary N) is 1. The number of ether oxygens (including phenoxy) is 1. The Kier molecular flexibility index (Phi) is 6.88. The Morgan fingerprint density at radius 2 is 1.90 bits per heavy atom. The average molecular weight is 496 g/mol. The second-order valence-corrected chi connectivity index (χ2v) is 9.43. The van der Waals surface area contributed by atoms with E-state index >= 15 is 0 Å². The molecule has 1 aromatic carbocycles. The molecule has 0 spiro atoms. The van der Waals surface area contributed by atoms with Crippen molar-refractivity contribution in [1.82, 2.24) is 9.63 Å². The van der Waals surface area contributed by atoms with E-state index in [1.165, 1.54) is 28.0 Å². The van der Waals surface area contributed by atoms with E-state index in [4.69, 9.17) is 9.57 Å². The van der Waals surface area contributed by atoms with Crippen molar-refractivity contribution in [2.75, 3.05) is 18.5 Å². The van der Waals surface area contributed by atoms with Crippen LogP contribution in [0.1, 0.15) is 49.5 Å². The first-order valence-electron chi connectivity index (χ1n) is 10.0. The van der Waals surface area contributed by atoms with Gasteiger partial charge >= 0.3 is 0 Å². The molecule has 2 heterocycles. The maximum Gasteiger partial charge on any atom is 0.281 e. The van der Waals surface area contributed by atoms with Gasteiger partial charge in [0, 0.05) is 29.7 Å². The van der Waals surface area contributed by atoms with Crippen molar-refractivity contribution >= 4 is 27.5 Å². The number of aromatic nitrogens is 1. The first kappa shape index (κ1) is 23.4. The molecule has 168 valence electrons. The van der Waals surface area contributed by atoms with Gasteiger partial charge in [-0.05, 0) is 44.5 Å². The van der Waals surface area contributed by atoms with Crippen LogP contribution in [0.2, 0.25) is 0 Å². The normalized spacial score (nSPS) is 18.8. The van der Waals surface area contributed by atoms with Crippen LogP contribution in [0.4, 0.5) is 10.1 Å². The topological polar surface area (TPSA) is 72.8 Å². The highest BCUT2D eigenvalue weighted by Gasteiger charge is 2.39. The molecule has 2 unspecified atom stereocenters. The summed E-state index contributed by atoms with van der Waals surface area (Å²) in [6.07, 6.45) is 0.784. The van der Waals surface area contributed by atoms with Gasteiger partial charge in [-0.3, -0.25) is 14.4 Å². The standard InChI is InChI=1S/C22H27BrFN3O4/c1-13-15-11-19(28)26(5)12-16(15)21(29)27(31-9-8-30-22(2,3)4)20(13)25-18-7-6-14(23)10-17(18)24/h6-7,10-13,20,25H,8-9H2,1-5H3. The number of fused-ring (bicyclic) bond motifs is 1. The second kappa shape index (κ2) is 9.10. The van der Waals surface area contributed by atoms with Crippen molar-refractivity contribution in [3.8, 4) is 0 Å². The monoisotopic (exact) mass is 495 g/mol. The van der Waals surface area contributed by atoms with Crippen LogP contribution in [-0.4, -0.2) is 40.5 Å². The SMILES string of the molecule is CC1c2cc(=O)n(C)cc2C(=O)N(OCCOC(C)(C)C)C1Nc1ccc(Br)cc1F. The van der Waals surface area contributed by atoms with Gasteiger partial charge in [-0.25, -0.2) is 4.39 Å². The van der Waals surface area contributed by atoms with E-state index in [2.05, 4.69) is 21.2 Å². The number of pyridine rings is 1. The summed E-state index contributed by atoms with van der Waals surface area (Å²) in [7, 11) is 1.59. The summed E-state index contributed by atoms with van der Waals surface area (Å²) in [5.74, 6) is -1.22. The fraction of sp³-hybridized carbons (Fsp3) is 0.455. The molecular formula is C22H27BrFN3O4. The third-order valence-corrected chi connectivity index (χ3v) is 5.48. The van der Waals surface area contributed by atoms with E-state index < -0.39 is 17.9 Å². The van der Waals surface area contributed by atoms with Crippen LogP contribution in [0.3, 0.4) is 0 Å². The molecule has 2 aromatic rings. The van der Waals surface area contributed by atoms with Crippen LogP contribution in [0.15, 0.2) is 39.7 Å². The quantitative estimate of drug-likeness (QED) is 0.612. The maximum absolute atomic E-state index is 14.5. The summed E-state index contributed by atoms with van der Waals surface area (Å²) in [5, 5.41) is 4.29. The van der Waals surface area contributed by atoms with Gasteiger partial charge in [-0.2, -0.15) is 5.06 Å². The largest absolute Gasteiger partial charge is 0.373 e. The zero-order valence-corrected chi connectivity index (χ0v) is 19.8. The number of carbonyl (C=O) groups is 1. The van der Waals surface area contributed by atoms with Gasteiger partial charge < -0.3 is 14.6 Å². The smallest absolute Gasteiger partial charge is 0.281 e. The Morgan fingerprint density at radius 1 is 1.19 bits per heavy atom. The average Bonchev–Trinajstić information content (AvgIpc) is 2.67. The van der Waals surface area contributed by atoms with Gasteiger partial charge in [0.2, 0.25) is 0 Å². The lowest BCUT2D eigenvalue weighted by atomic mass is 9.90. The molecule has 1 amide bonds. The molecule has 2 atom stereocenters. The van der Waals surface area contributed by atoms with Crippen molar-refractivity contribution in [2.24, 2.45) is 7.05 Å². The fourth-order valence-electron chi connectivity index (χ4n) is 3.39. The van der Waals surface area contributed by atoms with Gasteiger partial charge in [0.1, 0.15) is 12.0 Å². The number of amides is 1. The number of anilines is 1. The molecule has 1 aliphatic heterocycles. The first-order valence-corrected chi connectivity index (χ1v) is 10.8. The van der Waals surface area contributed by atoms with Crippen LogP contribution in [-0.2, 0) is 16.6 Å². The molecule has 0 saturated carbocycles. The zero-order valence-electron chi connectivity index (χ0n) is 18.2. The predicted octanol–water partition coefficient (Wildman–Crippen LogP) is 4.03. The number of carbonyl (C=O) groups excluding carboxylic acids is 1. The molecule has 0 fully saturated rings. The molecule has 0 radical (unpaired) electrons. The van der Waals surface area contributed by atoms with Crippen LogP contribution in [0, 0.1) is 5.82 Å². The van der Waals surface area contributed by atoms with Crippen molar-refractivity contribution < 1.29 is 18.8 Å². The first-order chi connectivity index (χ1) is 14.5. The summed E-state index contributed by atoms with van der Waals surface area (Å²) >= 11 is 3.24. The van der Waals surface area contributed by atoms with Gasteiger partial charge in [0.25, 0.3) is 11.5 Å². The summed E-state index contributed by atoms with van der Waals surface area (Å²) in [4.78, 5) is 31.3. The Hall–Kier alpha value is -2.23. The number of nitrogens with zero attached hydrogens (tertiary/aromatic N) is 2. The van der Waals surface area contributed by atoms with Gasteiger partial charge in [-0.15, -0.1) is 0 Å². The van der Waals surface area contributed by atoms with E-state index in [-0.39, 0.29) is 36.0 Å². The molecule has 31 heavy (non-hydrogen) atoms. The number of hydrogen-bond acceptors (Lipinski definition) is 5. The zero-order chi connectivity index (χ0) is 22.9. The van der Waals surface area contributed by atoms with E-state index in [1.54, 1.807) is 19.2 Å². The molecule has 1 N–H and O–H groups in total. The highest BCUT2D eigenvalue weighted by atomic mass is 79.9. The third-order valence-electron chi connectivity index (χ3n) is 4.99. The Morgan fingerprint density at radius 3 is 2.55 bits per heavy atom. The number of hydrogen-bond donors (Lipinski definition) is 1. The van der Waals surface area contributed by atoms with Gasteiger partial charge in [0.05, 0.1) is 30.1 Å². The van der Waals surface area contributed by atoms with Crippen molar-refractivity contribution in [1.29, 1.82) is 0 Å². The summed E-state index contributed by atoms with van der Waals surface area (Å²) in [5.41, 5.74) is 0.625. The van der Waals surface area contributed by atoms with Crippen LogP contribution >= 0.6 is 15.9 Å². The maximum atomic E-state index is 14.5. The minimum Gasteiger partial charge on any atom is -0.373 e. The highest BCUT2D eigenvalue weighted by molar-refractivity contribution is 9.10. The van der Waals surface area contributed by atoms with Crippen LogP contribution in [0.25, 0.3) is 0 Å². The molecule has 1 aliphatic rings. The predicted molar refractivity (Wildman–Crippen MR) is 119 cm³/mol. The van der Waals surface area contributed by atoms with E-state index in [0.29, 0.717) is 15.6 Å². The molecule has 3 rings (SSSR count). The molecule has 1 aromatic heterocycles. The molecule has 0 aliphatic carbocycles. The summed E-state index contributed by atoms with van der Waals surface area (Å²) < 4.78 is 22.1. The molecular weight excluding hydrogens is 469 g/mol. The lowest BCUT2D eigenvalue weighted by Crippen LogP contribution is -2.52. The highest BCUT2D eigenvalue weighted by Crippen LogP contribution is 2.34. The number of aryl methyl sites for hydroxylation is 1.